The molecule has 6 heteroatoms. The number of thiophene rings is 1. The van der Waals surface area contributed by atoms with Gasteiger partial charge in [-0.25, -0.2) is 0 Å². The molecule has 1 heterocycles. The molecule has 1 aliphatic rings. The van der Waals surface area contributed by atoms with E-state index in [1.165, 1.54) is 17.7 Å². The van der Waals surface area contributed by atoms with E-state index in [1.54, 1.807) is 11.3 Å². The van der Waals surface area contributed by atoms with E-state index in [9.17, 15) is 4.79 Å². The van der Waals surface area contributed by atoms with Crippen molar-refractivity contribution in [2.45, 2.75) is 62.5 Å². The number of alkyl halides is 2. The van der Waals surface area contributed by atoms with Gasteiger partial charge in [0.05, 0.1) is 0 Å². The fourth-order valence-electron chi connectivity index (χ4n) is 4.05. The van der Waals surface area contributed by atoms with Crippen LogP contribution in [0.1, 0.15) is 58.5 Å². The molecule has 28 heavy (non-hydrogen) atoms. The number of nitrogens with one attached hydrogen (secondary N) is 1. The summed E-state index contributed by atoms with van der Waals surface area (Å²) in [4.78, 5) is 16.8. The molecule has 2 atom stereocenters. The quantitative estimate of drug-likeness (QED) is 0.438. The zero-order chi connectivity index (χ0) is 19.9. The Morgan fingerprint density at radius 1 is 1.14 bits per heavy atom. The van der Waals surface area contributed by atoms with Crippen molar-refractivity contribution >= 4 is 40.4 Å². The van der Waals surface area contributed by atoms with Gasteiger partial charge in [0.2, 0.25) is 0 Å². The highest BCUT2D eigenvalue weighted by Crippen LogP contribution is 2.25. The van der Waals surface area contributed by atoms with Gasteiger partial charge in [-0.2, -0.15) is 0 Å². The number of rotatable bonds is 7. The SMILES string of the molecule is CN(Cc1cccs1)C1CCCCCC1NC(=O)c1cc(CCl)cc(CCl)c1. The van der Waals surface area contributed by atoms with Crippen LogP contribution in [0.2, 0.25) is 0 Å². The molecule has 1 aliphatic carbocycles. The fourth-order valence-corrected chi connectivity index (χ4v) is 5.13. The van der Waals surface area contributed by atoms with Crippen LogP contribution in [0, 0.1) is 0 Å². The van der Waals surface area contributed by atoms with Gasteiger partial charge in [0.1, 0.15) is 0 Å². The predicted molar refractivity (Wildman–Crippen MR) is 119 cm³/mol. The second-order valence-corrected chi connectivity index (χ2v) is 9.15. The third-order valence-electron chi connectivity index (χ3n) is 5.47. The number of hydrogen-bond acceptors (Lipinski definition) is 3. The Morgan fingerprint density at radius 3 is 2.50 bits per heavy atom. The maximum atomic E-state index is 13.0. The lowest BCUT2D eigenvalue weighted by molar-refractivity contribution is 0.0891. The monoisotopic (exact) mass is 438 g/mol. The van der Waals surface area contributed by atoms with E-state index in [1.807, 2.05) is 18.2 Å². The van der Waals surface area contributed by atoms with Crippen molar-refractivity contribution in [3.05, 3.63) is 57.3 Å². The molecule has 3 nitrogen and oxygen atoms in total. The summed E-state index contributed by atoms with van der Waals surface area (Å²) >= 11 is 13.8. The van der Waals surface area contributed by atoms with Gasteiger partial charge >= 0.3 is 0 Å². The van der Waals surface area contributed by atoms with Gasteiger partial charge in [0.15, 0.2) is 0 Å². The van der Waals surface area contributed by atoms with Gasteiger partial charge in [-0.05, 0) is 54.6 Å². The van der Waals surface area contributed by atoms with Gasteiger partial charge in [-0.3, -0.25) is 9.69 Å². The van der Waals surface area contributed by atoms with E-state index < -0.39 is 0 Å². The van der Waals surface area contributed by atoms with Crippen molar-refractivity contribution in [1.82, 2.24) is 10.2 Å². The van der Waals surface area contributed by atoms with Crippen LogP contribution in [-0.2, 0) is 18.3 Å². The Bertz CT molecular complexity index is 744. The van der Waals surface area contributed by atoms with E-state index in [2.05, 4.69) is 34.8 Å². The molecule has 1 N–H and O–H groups in total. The van der Waals surface area contributed by atoms with Gasteiger partial charge in [0, 0.05) is 40.8 Å². The molecule has 0 saturated heterocycles. The summed E-state index contributed by atoms with van der Waals surface area (Å²) in [6.45, 7) is 0.923. The number of amides is 1. The van der Waals surface area contributed by atoms with Crippen LogP contribution < -0.4 is 5.32 Å². The molecule has 0 bridgehead atoms. The summed E-state index contributed by atoms with van der Waals surface area (Å²) in [5.74, 6) is 0.723. The lowest BCUT2D eigenvalue weighted by Gasteiger charge is -2.34. The van der Waals surface area contributed by atoms with E-state index in [4.69, 9.17) is 23.2 Å². The molecular weight excluding hydrogens is 411 g/mol. The van der Waals surface area contributed by atoms with Gasteiger partial charge in [-0.1, -0.05) is 31.4 Å². The van der Waals surface area contributed by atoms with Crippen molar-refractivity contribution in [2.24, 2.45) is 0 Å². The van der Waals surface area contributed by atoms with Crippen LogP contribution >= 0.6 is 34.5 Å². The van der Waals surface area contributed by atoms with Gasteiger partial charge < -0.3 is 5.32 Å². The van der Waals surface area contributed by atoms with E-state index >= 15 is 0 Å². The molecule has 1 amide bonds. The van der Waals surface area contributed by atoms with Crippen LogP contribution in [0.5, 0.6) is 0 Å². The number of nitrogens with zero attached hydrogens (tertiary/aromatic N) is 1. The van der Waals surface area contributed by atoms with Crippen LogP contribution in [-0.4, -0.2) is 29.9 Å². The Balaban J connectivity index is 1.74. The first-order chi connectivity index (χ1) is 13.6. The third-order valence-corrected chi connectivity index (χ3v) is 6.95. The van der Waals surface area contributed by atoms with Crippen LogP contribution in [0.25, 0.3) is 0 Å². The Morgan fingerprint density at radius 2 is 1.86 bits per heavy atom. The maximum Gasteiger partial charge on any atom is 0.251 e. The molecule has 2 unspecified atom stereocenters. The van der Waals surface area contributed by atoms with E-state index in [0.29, 0.717) is 23.4 Å². The molecule has 0 spiro atoms. The summed E-state index contributed by atoms with van der Waals surface area (Å²) < 4.78 is 0. The van der Waals surface area contributed by atoms with Crippen LogP contribution in [0.4, 0.5) is 0 Å². The molecule has 1 aromatic carbocycles. The zero-order valence-corrected chi connectivity index (χ0v) is 18.6. The molecule has 3 rings (SSSR count). The molecule has 1 saturated carbocycles. The van der Waals surface area contributed by atoms with E-state index in [0.717, 1.165) is 36.9 Å². The zero-order valence-electron chi connectivity index (χ0n) is 16.3. The normalized spacial score (nSPS) is 20.1. The molecule has 152 valence electrons. The minimum Gasteiger partial charge on any atom is -0.348 e. The second-order valence-electron chi connectivity index (χ2n) is 7.59. The van der Waals surface area contributed by atoms with Crippen molar-refractivity contribution in [3.8, 4) is 0 Å². The topological polar surface area (TPSA) is 32.3 Å². The van der Waals surface area contributed by atoms with Crippen LogP contribution in [0.3, 0.4) is 0 Å². The lowest BCUT2D eigenvalue weighted by atomic mass is 10.00. The Kier molecular flexibility index (Phi) is 8.22. The average molecular weight is 439 g/mol. The first-order valence-electron chi connectivity index (χ1n) is 9.89. The summed E-state index contributed by atoms with van der Waals surface area (Å²) in [5.41, 5.74) is 2.51. The van der Waals surface area contributed by atoms with Gasteiger partial charge in [0.25, 0.3) is 5.91 Å². The van der Waals surface area contributed by atoms with Crippen molar-refractivity contribution in [2.75, 3.05) is 7.05 Å². The number of benzene rings is 1. The van der Waals surface area contributed by atoms with Crippen molar-refractivity contribution in [1.29, 1.82) is 0 Å². The van der Waals surface area contributed by atoms with Crippen molar-refractivity contribution in [3.63, 3.8) is 0 Å². The van der Waals surface area contributed by atoms with Crippen LogP contribution in [0.15, 0.2) is 35.7 Å². The average Bonchev–Trinajstić information content (AvgIpc) is 3.11. The number of likely N-dealkylation sites (N-methyl/N-ethyl adjacent to an activating group) is 1. The number of hydrogen-bond donors (Lipinski definition) is 1. The molecule has 1 aromatic heterocycles. The maximum absolute atomic E-state index is 13.0. The summed E-state index contributed by atoms with van der Waals surface area (Å²) in [5, 5.41) is 5.44. The second kappa shape index (κ2) is 10.6. The summed E-state index contributed by atoms with van der Waals surface area (Å²) in [6, 6.07) is 10.5. The number of carbonyl (C=O) groups excluding carboxylic acids is 1. The predicted octanol–water partition coefficient (Wildman–Crippen LogP) is 5.79. The number of halogens is 2. The smallest absolute Gasteiger partial charge is 0.251 e. The highest BCUT2D eigenvalue weighted by molar-refractivity contribution is 7.09. The minimum atomic E-state index is -0.0280. The molecule has 0 aliphatic heterocycles. The molecular formula is C22H28Cl2N2OS. The molecule has 1 fully saturated rings. The summed E-state index contributed by atoms with van der Waals surface area (Å²) in [7, 11) is 2.18. The van der Waals surface area contributed by atoms with E-state index in [-0.39, 0.29) is 11.9 Å². The standard InChI is InChI=1S/C22H28Cl2N2OS/c1-26(15-19-6-5-9-28-19)21-8-4-2-3-7-20(21)25-22(27)18-11-16(13-23)10-17(12-18)14-24/h5-6,9-12,20-21H,2-4,7-8,13-15H2,1H3,(H,25,27). The first kappa shape index (κ1) is 21.6. The summed E-state index contributed by atoms with van der Waals surface area (Å²) in [6.07, 6.45) is 5.73. The van der Waals surface area contributed by atoms with Crippen molar-refractivity contribution < 1.29 is 4.79 Å². The van der Waals surface area contributed by atoms with Gasteiger partial charge in [-0.15, -0.1) is 34.5 Å². The Labute approximate surface area is 182 Å². The third kappa shape index (κ3) is 5.73. The Hall–Kier alpha value is -1.07. The highest BCUT2D eigenvalue weighted by Gasteiger charge is 2.29. The minimum absolute atomic E-state index is 0.0280. The molecule has 0 radical (unpaired) electrons. The number of carbonyl (C=O) groups is 1. The molecule has 2 aromatic rings. The first-order valence-corrected chi connectivity index (χ1v) is 11.8. The fraction of sp³-hybridized carbons (Fsp3) is 0.500. The lowest BCUT2D eigenvalue weighted by Crippen LogP contribution is -2.49. The largest absolute Gasteiger partial charge is 0.348 e. The highest BCUT2D eigenvalue weighted by atomic mass is 35.5.